The molecule has 0 aliphatic carbocycles. The van der Waals surface area contributed by atoms with E-state index >= 15 is 0 Å². The average Bonchev–Trinajstić information content (AvgIpc) is 2.27. The smallest absolute Gasteiger partial charge is 0.215 e. The second kappa shape index (κ2) is 6.31. The number of likely N-dealkylation sites (N-methyl/N-ethyl adjacent to an activating group) is 1. The first kappa shape index (κ1) is 15.9. The summed E-state index contributed by atoms with van der Waals surface area (Å²) in [6.45, 7) is 3.73. The molecule has 18 heavy (non-hydrogen) atoms. The molecule has 0 spiro atoms. The van der Waals surface area contributed by atoms with Crippen LogP contribution in [0.1, 0.15) is 19.8 Å². The molecule has 0 amide bonds. The third-order valence-corrected chi connectivity index (χ3v) is 6.02. The van der Waals surface area contributed by atoms with Gasteiger partial charge in [0.15, 0.2) is 0 Å². The van der Waals surface area contributed by atoms with Crippen LogP contribution in [0.3, 0.4) is 0 Å². The van der Waals surface area contributed by atoms with Gasteiger partial charge in [-0.15, -0.1) is 0 Å². The van der Waals surface area contributed by atoms with Crippen LogP contribution in [0.2, 0.25) is 0 Å². The number of sulfonamides is 1. The maximum Gasteiger partial charge on any atom is 0.215 e. The molecule has 8 heteroatoms. The zero-order chi connectivity index (χ0) is 13.8. The Morgan fingerprint density at radius 3 is 2.44 bits per heavy atom. The number of hydrogen-bond acceptors (Lipinski definition) is 5. The lowest BCUT2D eigenvalue weighted by molar-refractivity contribution is 0.286. The Labute approximate surface area is 110 Å². The third kappa shape index (κ3) is 5.21. The fourth-order valence-electron chi connectivity index (χ4n) is 2.04. The van der Waals surface area contributed by atoms with Crippen LogP contribution < -0.4 is 5.32 Å². The van der Waals surface area contributed by atoms with Gasteiger partial charge in [-0.1, -0.05) is 6.92 Å². The van der Waals surface area contributed by atoms with Gasteiger partial charge >= 0.3 is 0 Å². The van der Waals surface area contributed by atoms with Gasteiger partial charge in [0.25, 0.3) is 0 Å². The highest BCUT2D eigenvalue weighted by Gasteiger charge is 2.28. The Morgan fingerprint density at radius 2 is 1.89 bits per heavy atom. The first-order chi connectivity index (χ1) is 8.24. The predicted octanol–water partition coefficient (Wildman–Crippen LogP) is -0.565. The maximum atomic E-state index is 12.0. The molecule has 1 fully saturated rings. The summed E-state index contributed by atoms with van der Waals surface area (Å²) in [6.07, 6.45) is 2.84. The summed E-state index contributed by atoms with van der Waals surface area (Å²) in [7, 11) is -6.69. The Balaban J connectivity index is 2.61. The van der Waals surface area contributed by atoms with E-state index in [-0.39, 0.29) is 17.5 Å². The van der Waals surface area contributed by atoms with E-state index < -0.39 is 19.9 Å². The topological polar surface area (TPSA) is 83.6 Å². The minimum absolute atomic E-state index is 0.178. The normalized spacial score (nSPS) is 23.1. The second-order valence-electron chi connectivity index (χ2n) is 4.70. The number of sulfone groups is 1. The van der Waals surface area contributed by atoms with Gasteiger partial charge in [-0.25, -0.2) is 21.1 Å². The minimum Gasteiger partial charge on any atom is -0.313 e. The molecule has 0 aromatic heterocycles. The van der Waals surface area contributed by atoms with Crippen molar-refractivity contribution in [3.63, 3.8) is 0 Å². The summed E-state index contributed by atoms with van der Waals surface area (Å²) in [5, 5.41) is 3.23. The zero-order valence-corrected chi connectivity index (χ0v) is 12.6. The van der Waals surface area contributed by atoms with Crippen LogP contribution in [0.25, 0.3) is 0 Å². The Kier molecular flexibility index (Phi) is 5.57. The fraction of sp³-hybridized carbons (Fsp3) is 1.00. The highest BCUT2D eigenvalue weighted by molar-refractivity contribution is 7.93. The van der Waals surface area contributed by atoms with Gasteiger partial charge in [-0.2, -0.15) is 0 Å². The highest BCUT2D eigenvalue weighted by Crippen LogP contribution is 2.14. The largest absolute Gasteiger partial charge is 0.313 e. The van der Waals surface area contributed by atoms with Crippen molar-refractivity contribution in [2.75, 3.05) is 37.4 Å². The lowest BCUT2D eigenvalue weighted by Crippen LogP contribution is -2.48. The molecule has 1 aliphatic rings. The first-order valence-electron chi connectivity index (χ1n) is 6.13. The van der Waals surface area contributed by atoms with Crippen molar-refractivity contribution in [2.24, 2.45) is 0 Å². The number of hydrogen-bond donors (Lipinski definition) is 1. The van der Waals surface area contributed by atoms with E-state index in [4.69, 9.17) is 0 Å². The molecule has 1 heterocycles. The summed E-state index contributed by atoms with van der Waals surface area (Å²) in [5.74, 6) is -0.623. The lowest BCUT2D eigenvalue weighted by Gasteiger charge is -2.32. The molecule has 0 bridgehead atoms. The number of nitrogens with one attached hydrogen (secondary N) is 1. The standard InChI is InChI=1S/C10H22N2O4S2/c1-3-11-10-5-4-6-12(9-10)18(15,16)8-7-17(2,13)14/h10-11H,3-9H2,1-2H3. The molecule has 1 aliphatic heterocycles. The van der Waals surface area contributed by atoms with Crippen LogP contribution in [-0.2, 0) is 19.9 Å². The first-order valence-corrected chi connectivity index (χ1v) is 9.80. The van der Waals surface area contributed by atoms with Crippen molar-refractivity contribution >= 4 is 19.9 Å². The number of nitrogens with zero attached hydrogens (tertiary/aromatic N) is 1. The van der Waals surface area contributed by atoms with Gasteiger partial charge < -0.3 is 5.32 Å². The van der Waals surface area contributed by atoms with Crippen molar-refractivity contribution in [3.8, 4) is 0 Å². The summed E-state index contributed by atoms with van der Waals surface area (Å²) in [5.41, 5.74) is 0. The zero-order valence-electron chi connectivity index (χ0n) is 10.9. The van der Waals surface area contributed by atoms with E-state index in [0.29, 0.717) is 13.1 Å². The molecule has 1 unspecified atom stereocenters. The fourth-order valence-corrected chi connectivity index (χ4v) is 5.16. The summed E-state index contributed by atoms with van der Waals surface area (Å²) >= 11 is 0. The van der Waals surface area contributed by atoms with Gasteiger partial charge in [-0.3, -0.25) is 0 Å². The molecule has 0 aromatic carbocycles. The average molecular weight is 298 g/mol. The van der Waals surface area contributed by atoms with E-state index in [9.17, 15) is 16.8 Å². The lowest BCUT2D eigenvalue weighted by atomic mass is 10.1. The second-order valence-corrected chi connectivity index (χ2v) is 9.05. The van der Waals surface area contributed by atoms with Crippen LogP contribution in [0, 0.1) is 0 Å². The number of piperidine rings is 1. The van der Waals surface area contributed by atoms with Crippen LogP contribution >= 0.6 is 0 Å². The molecule has 1 saturated heterocycles. The Hall–Kier alpha value is -0.180. The van der Waals surface area contributed by atoms with E-state index in [1.165, 1.54) is 4.31 Å². The quantitative estimate of drug-likeness (QED) is 0.710. The maximum absolute atomic E-state index is 12.0. The monoisotopic (exact) mass is 298 g/mol. The van der Waals surface area contributed by atoms with E-state index in [1.807, 2.05) is 6.92 Å². The summed E-state index contributed by atoms with van der Waals surface area (Å²) < 4.78 is 47.5. The summed E-state index contributed by atoms with van der Waals surface area (Å²) in [4.78, 5) is 0. The molecule has 0 aromatic rings. The molecular weight excluding hydrogens is 276 g/mol. The molecule has 6 nitrogen and oxygen atoms in total. The van der Waals surface area contributed by atoms with Crippen molar-refractivity contribution < 1.29 is 16.8 Å². The SMILES string of the molecule is CCNC1CCCN(S(=O)(=O)CCS(C)(=O)=O)C1. The van der Waals surface area contributed by atoms with E-state index in [2.05, 4.69) is 5.32 Å². The van der Waals surface area contributed by atoms with Gasteiger partial charge in [0.05, 0.1) is 11.5 Å². The van der Waals surface area contributed by atoms with Crippen LogP contribution in [-0.4, -0.2) is 64.6 Å². The third-order valence-electron chi connectivity index (χ3n) is 2.98. The van der Waals surface area contributed by atoms with Crippen molar-refractivity contribution in [1.29, 1.82) is 0 Å². The van der Waals surface area contributed by atoms with Gasteiger partial charge in [0.1, 0.15) is 9.84 Å². The van der Waals surface area contributed by atoms with Crippen molar-refractivity contribution in [2.45, 2.75) is 25.8 Å². The van der Waals surface area contributed by atoms with Crippen molar-refractivity contribution in [1.82, 2.24) is 9.62 Å². The van der Waals surface area contributed by atoms with Gasteiger partial charge in [-0.05, 0) is 19.4 Å². The van der Waals surface area contributed by atoms with Gasteiger partial charge in [0, 0.05) is 25.4 Å². The molecule has 1 rings (SSSR count). The van der Waals surface area contributed by atoms with Crippen LogP contribution in [0.5, 0.6) is 0 Å². The molecule has 1 atom stereocenters. The molecule has 0 radical (unpaired) electrons. The highest BCUT2D eigenvalue weighted by atomic mass is 32.2. The molecule has 108 valence electrons. The minimum atomic E-state index is -3.45. The number of rotatable bonds is 6. The predicted molar refractivity (Wildman–Crippen MR) is 71.8 cm³/mol. The van der Waals surface area contributed by atoms with E-state index in [0.717, 1.165) is 25.6 Å². The molecule has 1 N–H and O–H groups in total. The van der Waals surface area contributed by atoms with Gasteiger partial charge in [0.2, 0.25) is 10.0 Å². The van der Waals surface area contributed by atoms with Crippen LogP contribution in [0.15, 0.2) is 0 Å². The van der Waals surface area contributed by atoms with Crippen molar-refractivity contribution in [3.05, 3.63) is 0 Å². The molecule has 0 saturated carbocycles. The Morgan fingerprint density at radius 1 is 1.22 bits per heavy atom. The Bertz CT molecular complexity index is 456. The van der Waals surface area contributed by atoms with E-state index in [1.54, 1.807) is 0 Å². The molecular formula is C10H22N2O4S2. The summed E-state index contributed by atoms with van der Waals surface area (Å²) in [6, 6.07) is 0.178. The van der Waals surface area contributed by atoms with Crippen LogP contribution in [0.4, 0.5) is 0 Å².